The van der Waals surface area contributed by atoms with Gasteiger partial charge in [-0.05, 0) is 94.8 Å². The number of nitrogens with one attached hydrogen (secondary N) is 1. The number of amides is 2. The summed E-state index contributed by atoms with van der Waals surface area (Å²) in [6.45, 7) is 5.90. The summed E-state index contributed by atoms with van der Waals surface area (Å²) in [4.78, 5) is 32.3. The molecule has 210 valence electrons. The number of urea groups is 1. The number of piperidine rings is 1. The molecule has 0 unspecified atom stereocenters. The van der Waals surface area contributed by atoms with Crippen LogP contribution in [0.3, 0.4) is 0 Å². The Labute approximate surface area is 230 Å². The predicted molar refractivity (Wildman–Crippen MR) is 149 cm³/mol. The lowest BCUT2D eigenvalue weighted by atomic mass is 9.83. The summed E-state index contributed by atoms with van der Waals surface area (Å²) in [6, 6.07) is 13.9. The molecule has 2 amide bonds. The Balaban J connectivity index is 0.967. The highest BCUT2D eigenvalue weighted by molar-refractivity contribution is 5.98. The topological polar surface area (TPSA) is 55.9 Å². The fraction of sp³-hybridized carbons (Fsp3) is 0.548. The fourth-order valence-electron chi connectivity index (χ4n) is 6.36. The highest BCUT2D eigenvalue weighted by atomic mass is 19.1. The summed E-state index contributed by atoms with van der Waals surface area (Å²) in [7, 11) is 0. The molecule has 2 aliphatic heterocycles. The molecule has 39 heavy (non-hydrogen) atoms. The van der Waals surface area contributed by atoms with Gasteiger partial charge in [-0.3, -0.25) is 4.79 Å². The lowest BCUT2D eigenvalue weighted by Gasteiger charge is -2.38. The Kier molecular flexibility index (Phi) is 9.12. The van der Waals surface area contributed by atoms with Crippen LogP contribution in [0.2, 0.25) is 0 Å². The summed E-state index contributed by atoms with van der Waals surface area (Å²) >= 11 is 0. The second kappa shape index (κ2) is 12.9. The van der Waals surface area contributed by atoms with E-state index >= 15 is 0 Å². The van der Waals surface area contributed by atoms with E-state index in [0.717, 1.165) is 90.1 Å². The van der Waals surface area contributed by atoms with Crippen LogP contribution in [-0.4, -0.2) is 73.5 Å². The summed E-state index contributed by atoms with van der Waals surface area (Å²) in [5.41, 5.74) is 1.22. The third kappa shape index (κ3) is 7.15. The third-order valence-corrected chi connectivity index (χ3v) is 8.87. The van der Waals surface area contributed by atoms with Gasteiger partial charge in [-0.1, -0.05) is 18.2 Å². The number of ketones is 1. The number of benzene rings is 2. The maximum Gasteiger partial charge on any atom is 0.317 e. The predicted octanol–water partition coefficient (Wildman–Crippen LogP) is 5.34. The molecule has 2 aromatic rings. The molecule has 0 atom stereocenters. The van der Waals surface area contributed by atoms with Gasteiger partial charge in [0.15, 0.2) is 5.78 Å². The van der Waals surface area contributed by atoms with Crippen LogP contribution < -0.4 is 10.2 Å². The molecular formula is C31H40F2N4O2. The Bertz CT molecular complexity index is 1110. The average Bonchev–Trinajstić information content (AvgIpc) is 2.97. The van der Waals surface area contributed by atoms with Crippen molar-refractivity contribution in [3.63, 3.8) is 0 Å². The van der Waals surface area contributed by atoms with E-state index < -0.39 is 11.6 Å². The minimum Gasteiger partial charge on any atom is -0.368 e. The molecule has 3 fully saturated rings. The first-order chi connectivity index (χ1) is 19.0. The molecule has 2 saturated heterocycles. The SMILES string of the molecule is O=C(c1ccc(F)cc1F)C1CCN(CCC2CCC(NC(=O)N3CCN(c4ccccc4)CC3)CC2)CC1. The minimum absolute atomic E-state index is 0.00754. The van der Waals surface area contributed by atoms with Crippen LogP contribution in [0.5, 0.6) is 0 Å². The van der Waals surface area contributed by atoms with Crippen molar-refractivity contribution < 1.29 is 18.4 Å². The van der Waals surface area contributed by atoms with Crippen LogP contribution in [0.15, 0.2) is 48.5 Å². The molecule has 6 nitrogen and oxygen atoms in total. The van der Waals surface area contributed by atoms with Crippen molar-refractivity contribution in [1.82, 2.24) is 15.1 Å². The molecule has 1 N–H and O–H groups in total. The molecule has 0 spiro atoms. The van der Waals surface area contributed by atoms with E-state index in [0.29, 0.717) is 18.8 Å². The van der Waals surface area contributed by atoms with Gasteiger partial charge in [-0.25, -0.2) is 13.6 Å². The van der Waals surface area contributed by atoms with E-state index in [2.05, 4.69) is 39.4 Å². The number of Topliss-reactive ketones (excluding diaryl/α,β-unsaturated/α-hetero) is 1. The Morgan fingerprint density at radius 2 is 1.51 bits per heavy atom. The van der Waals surface area contributed by atoms with E-state index in [9.17, 15) is 18.4 Å². The van der Waals surface area contributed by atoms with Crippen molar-refractivity contribution in [3.05, 3.63) is 65.7 Å². The van der Waals surface area contributed by atoms with Gasteiger partial charge in [-0.2, -0.15) is 0 Å². The molecule has 0 aromatic heterocycles. The van der Waals surface area contributed by atoms with Crippen molar-refractivity contribution in [2.75, 3.05) is 50.7 Å². The van der Waals surface area contributed by atoms with Gasteiger partial charge < -0.3 is 20.0 Å². The molecular weight excluding hydrogens is 498 g/mol. The molecule has 1 aliphatic carbocycles. The maximum atomic E-state index is 14.0. The Morgan fingerprint density at radius 3 is 2.18 bits per heavy atom. The maximum absolute atomic E-state index is 14.0. The van der Waals surface area contributed by atoms with E-state index in [1.54, 1.807) is 0 Å². The van der Waals surface area contributed by atoms with E-state index in [-0.39, 0.29) is 29.3 Å². The summed E-state index contributed by atoms with van der Waals surface area (Å²) in [5, 5.41) is 3.28. The number of para-hydroxylation sites is 1. The average molecular weight is 539 g/mol. The number of likely N-dealkylation sites (tertiary alicyclic amines) is 1. The Morgan fingerprint density at radius 1 is 0.821 bits per heavy atom. The van der Waals surface area contributed by atoms with Crippen molar-refractivity contribution >= 4 is 17.5 Å². The lowest BCUT2D eigenvalue weighted by Crippen LogP contribution is -2.54. The summed E-state index contributed by atoms with van der Waals surface area (Å²) < 4.78 is 27.2. The van der Waals surface area contributed by atoms with Crippen LogP contribution in [0.4, 0.5) is 19.3 Å². The van der Waals surface area contributed by atoms with Crippen LogP contribution in [0.25, 0.3) is 0 Å². The van der Waals surface area contributed by atoms with Gasteiger partial charge in [0.25, 0.3) is 0 Å². The molecule has 8 heteroatoms. The quantitative estimate of drug-likeness (QED) is 0.484. The standard InChI is InChI=1S/C31H40F2N4O2/c32-25-8-11-28(29(33)22-25)30(38)24-13-16-35(17-14-24)15-12-23-6-9-26(10-7-23)34-31(39)37-20-18-36(19-21-37)27-4-2-1-3-5-27/h1-5,8,11,22-24,26H,6-7,9-10,12-21H2,(H,34,39). The zero-order valence-electron chi connectivity index (χ0n) is 22.7. The minimum atomic E-state index is -0.764. The number of nitrogens with zero attached hydrogens (tertiary/aromatic N) is 3. The second-order valence-corrected chi connectivity index (χ2v) is 11.4. The molecule has 3 aliphatic rings. The first-order valence-corrected chi connectivity index (χ1v) is 14.5. The van der Waals surface area contributed by atoms with Crippen LogP contribution >= 0.6 is 0 Å². The fourth-order valence-corrected chi connectivity index (χ4v) is 6.36. The van der Waals surface area contributed by atoms with E-state index in [4.69, 9.17) is 0 Å². The largest absolute Gasteiger partial charge is 0.368 e. The molecule has 1 saturated carbocycles. The van der Waals surface area contributed by atoms with Gasteiger partial charge in [0, 0.05) is 49.9 Å². The molecule has 2 aromatic carbocycles. The van der Waals surface area contributed by atoms with Crippen LogP contribution in [0, 0.1) is 23.5 Å². The number of hydrogen-bond donors (Lipinski definition) is 1. The second-order valence-electron chi connectivity index (χ2n) is 11.4. The molecule has 5 rings (SSSR count). The van der Waals surface area contributed by atoms with Crippen molar-refractivity contribution in [3.8, 4) is 0 Å². The van der Waals surface area contributed by atoms with Crippen LogP contribution in [-0.2, 0) is 0 Å². The van der Waals surface area contributed by atoms with Gasteiger partial charge in [0.1, 0.15) is 11.6 Å². The number of piperazine rings is 1. The number of carbonyl (C=O) groups excluding carboxylic acids is 2. The number of anilines is 1. The molecule has 2 heterocycles. The van der Waals surface area contributed by atoms with Crippen LogP contribution in [0.1, 0.15) is 55.3 Å². The lowest BCUT2D eigenvalue weighted by molar-refractivity contribution is 0.0828. The number of carbonyl (C=O) groups is 2. The summed E-state index contributed by atoms with van der Waals surface area (Å²) in [6.07, 6.45) is 6.88. The first-order valence-electron chi connectivity index (χ1n) is 14.5. The van der Waals surface area contributed by atoms with Gasteiger partial charge in [-0.15, -0.1) is 0 Å². The van der Waals surface area contributed by atoms with Crippen molar-refractivity contribution in [1.29, 1.82) is 0 Å². The van der Waals surface area contributed by atoms with E-state index in [1.165, 1.54) is 11.8 Å². The van der Waals surface area contributed by atoms with Gasteiger partial charge >= 0.3 is 6.03 Å². The molecule has 0 bridgehead atoms. The highest BCUT2D eigenvalue weighted by Gasteiger charge is 2.29. The van der Waals surface area contributed by atoms with Crippen molar-refractivity contribution in [2.45, 2.75) is 51.0 Å². The number of hydrogen-bond acceptors (Lipinski definition) is 4. The molecule has 0 radical (unpaired) electrons. The number of halogens is 2. The zero-order valence-corrected chi connectivity index (χ0v) is 22.7. The number of rotatable bonds is 7. The van der Waals surface area contributed by atoms with E-state index in [1.807, 2.05) is 11.0 Å². The third-order valence-electron chi connectivity index (χ3n) is 8.87. The van der Waals surface area contributed by atoms with Gasteiger partial charge in [0.05, 0.1) is 5.56 Å². The highest BCUT2D eigenvalue weighted by Crippen LogP contribution is 2.29. The monoisotopic (exact) mass is 538 g/mol. The van der Waals surface area contributed by atoms with Gasteiger partial charge in [0.2, 0.25) is 0 Å². The zero-order chi connectivity index (χ0) is 27.2. The Hall–Kier alpha value is -3.00. The summed E-state index contributed by atoms with van der Waals surface area (Å²) in [5.74, 6) is -1.15. The van der Waals surface area contributed by atoms with Crippen molar-refractivity contribution in [2.24, 2.45) is 11.8 Å². The normalized spacial score (nSPS) is 23.0. The first kappa shape index (κ1) is 27.6. The smallest absolute Gasteiger partial charge is 0.317 e.